The molecule has 1 aromatic carbocycles. The van der Waals surface area contributed by atoms with Crippen LogP contribution in [0.1, 0.15) is 5.56 Å². The van der Waals surface area contributed by atoms with Crippen LogP contribution >= 0.6 is 0 Å². The third kappa shape index (κ3) is 3.34. The Kier molecular flexibility index (Phi) is 4.02. The van der Waals surface area contributed by atoms with Crippen molar-refractivity contribution in [1.29, 1.82) is 0 Å². The molecule has 3 aromatic rings. The van der Waals surface area contributed by atoms with E-state index in [9.17, 15) is 8.42 Å². The normalized spacial score (nSPS) is 11.3. The summed E-state index contributed by atoms with van der Waals surface area (Å²) >= 11 is 0. The molecule has 0 unspecified atom stereocenters. The smallest absolute Gasteiger partial charge is 0.193 e. The molecule has 2 aromatic heterocycles. The number of sulfone groups is 1. The molecule has 0 spiro atoms. The highest BCUT2D eigenvalue weighted by molar-refractivity contribution is 7.90. The van der Waals surface area contributed by atoms with Gasteiger partial charge in [-0.1, -0.05) is 30.3 Å². The number of H-pyrrole nitrogens is 1. The molecule has 23 heavy (non-hydrogen) atoms. The molecule has 3 rings (SSSR count). The molecule has 0 radical (unpaired) electrons. The molecule has 0 bridgehead atoms. The lowest BCUT2D eigenvalue weighted by Gasteiger charge is -2.12. The van der Waals surface area contributed by atoms with Gasteiger partial charge in [0.25, 0.3) is 0 Å². The van der Waals surface area contributed by atoms with Crippen LogP contribution in [0.4, 0.5) is 5.69 Å². The number of anilines is 1. The summed E-state index contributed by atoms with van der Waals surface area (Å²) in [5, 5.41) is 16.6. The minimum Gasteiger partial charge on any atom is -0.380 e. The van der Waals surface area contributed by atoms with Gasteiger partial charge in [-0.25, -0.2) is 18.5 Å². The molecule has 8 nitrogen and oxygen atoms in total. The molecule has 0 amide bonds. The lowest BCUT2D eigenvalue weighted by Crippen LogP contribution is -2.08. The second kappa shape index (κ2) is 6.13. The van der Waals surface area contributed by atoms with Crippen molar-refractivity contribution in [2.75, 3.05) is 11.6 Å². The summed E-state index contributed by atoms with van der Waals surface area (Å²) in [7, 11) is -3.53. The predicted octanol–water partition coefficient (Wildman–Crippen LogP) is 1.28. The highest BCUT2D eigenvalue weighted by Gasteiger charge is 2.22. The minimum absolute atomic E-state index is 0.0749. The highest BCUT2D eigenvalue weighted by atomic mass is 32.2. The van der Waals surface area contributed by atoms with E-state index in [1.807, 2.05) is 30.3 Å². The first kappa shape index (κ1) is 15.1. The van der Waals surface area contributed by atoms with Gasteiger partial charge in [0.15, 0.2) is 20.7 Å². The highest BCUT2D eigenvalue weighted by Crippen LogP contribution is 2.30. The third-order valence-electron chi connectivity index (χ3n) is 3.18. The fourth-order valence-corrected chi connectivity index (χ4v) is 2.99. The molecule has 0 saturated heterocycles. The predicted molar refractivity (Wildman–Crippen MR) is 84.3 cm³/mol. The molecule has 2 heterocycles. The zero-order valence-corrected chi connectivity index (χ0v) is 13.1. The number of tetrazole rings is 1. The van der Waals surface area contributed by atoms with Crippen molar-refractivity contribution >= 4 is 15.5 Å². The summed E-state index contributed by atoms with van der Waals surface area (Å²) in [6.07, 6.45) is 2.54. The van der Waals surface area contributed by atoms with Crippen LogP contribution in [0.25, 0.3) is 11.4 Å². The lowest BCUT2D eigenvalue weighted by molar-refractivity contribution is 0.598. The first-order chi connectivity index (χ1) is 11.1. The monoisotopic (exact) mass is 330 g/mol. The van der Waals surface area contributed by atoms with Gasteiger partial charge >= 0.3 is 0 Å². The van der Waals surface area contributed by atoms with Gasteiger partial charge in [0.05, 0.1) is 5.56 Å². The second-order valence-corrected chi connectivity index (χ2v) is 6.83. The van der Waals surface area contributed by atoms with E-state index in [1.54, 1.807) is 6.07 Å². The molecule has 0 aliphatic rings. The number of nitrogens with one attached hydrogen (secondary N) is 2. The number of aromatic amines is 1. The molecular formula is C14H14N6O2S. The number of aromatic nitrogens is 5. The van der Waals surface area contributed by atoms with Crippen molar-refractivity contribution in [2.24, 2.45) is 0 Å². The van der Waals surface area contributed by atoms with Crippen LogP contribution in [-0.2, 0) is 16.4 Å². The average Bonchev–Trinajstić information content (AvgIpc) is 3.07. The maximum atomic E-state index is 12.0. The van der Waals surface area contributed by atoms with Crippen LogP contribution in [0.2, 0.25) is 0 Å². The molecule has 0 aliphatic heterocycles. The van der Waals surface area contributed by atoms with Gasteiger partial charge in [-0.05, 0) is 22.1 Å². The maximum absolute atomic E-state index is 12.0. The van der Waals surface area contributed by atoms with Crippen molar-refractivity contribution in [3.05, 3.63) is 48.2 Å². The Morgan fingerprint density at radius 1 is 1.17 bits per heavy atom. The minimum atomic E-state index is -3.53. The fourth-order valence-electron chi connectivity index (χ4n) is 2.16. The van der Waals surface area contributed by atoms with E-state index in [-0.39, 0.29) is 10.9 Å². The van der Waals surface area contributed by atoms with Crippen LogP contribution in [0, 0.1) is 0 Å². The standard InChI is InChI=1S/C14H14N6O2S/c1-23(21,22)14-12(13-17-19-20-18-13)11(7-8-15-14)16-9-10-5-3-2-4-6-10/h2-8H,9H2,1H3,(H,15,16)(H,17,18,19,20). The lowest BCUT2D eigenvalue weighted by atomic mass is 10.2. The maximum Gasteiger partial charge on any atom is 0.193 e. The third-order valence-corrected chi connectivity index (χ3v) is 4.19. The van der Waals surface area contributed by atoms with Crippen molar-refractivity contribution < 1.29 is 8.42 Å². The van der Waals surface area contributed by atoms with Crippen molar-refractivity contribution in [3.8, 4) is 11.4 Å². The van der Waals surface area contributed by atoms with Crippen LogP contribution in [0.3, 0.4) is 0 Å². The summed E-state index contributed by atoms with van der Waals surface area (Å²) in [6.45, 7) is 0.530. The largest absolute Gasteiger partial charge is 0.380 e. The Labute approximate surface area is 132 Å². The summed E-state index contributed by atoms with van der Waals surface area (Å²) < 4.78 is 24.0. The topological polar surface area (TPSA) is 114 Å². The Morgan fingerprint density at radius 3 is 2.61 bits per heavy atom. The average molecular weight is 330 g/mol. The Bertz CT molecular complexity index is 894. The summed E-state index contributed by atoms with van der Waals surface area (Å²) in [5.74, 6) is 0.245. The second-order valence-electron chi connectivity index (χ2n) is 4.90. The number of hydrogen-bond donors (Lipinski definition) is 2. The van der Waals surface area contributed by atoms with Crippen LogP contribution in [0.15, 0.2) is 47.6 Å². The van der Waals surface area contributed by atoms with Crippen LogP contribution < -0.4 is 5.32 Å². The SMILES string of the molecule is CS(=O)(=O)c1nccc(NCc2ccccc2)c1-c1nnn[nH]1. The van der Waals surface area contributed by atoms with E-state index in [0.29, 0.717) is 17.8 Å². The quantitative estimate of drug-likeness (QED) is 0.724. The van der Waals surface area contributed by atoms with Crippen molar-refractivity contribution in [1.82, 2.24) is 25.6 Å². The van der Waals surface area contributed by atoms with E-state index >= 15 is 0 Å². The van der Waals surface area contributed by atoms with Crippen molar-refractivity contribution in [2.45, 2.75) is 11.6 Å². The van der Waals surface area contributed by atoms with E-state index in [2.05, 4.69) is 30.9 Å². The number of nitrogens with zero attached hydrogens (tertiary/aromatic N) is 4. The molecule has 118 valence electrons. The van der Waals surface area contributed by atoms with Gasteiger partial charge in [-0.2, -0.15) is 0 Å². The van der Waals surface area contributed by atoms with E-state index in [0.717, 1.165) is 11.8 Å². The summed E-state index contributed by atoms with van der Waals surface area (Å²) in [6, 6.07) is 11.4. The molecule has 2 N–H and O–H groups in total. The van der Waals surface area contributed by atoms with Crippen LogP contribution in [0.5, 0.6) is 0 Å². The zero-order chi connectivity index (χ0) is 16.3. The molecular weight excluding hydrogens is 316 g/mol. The Morgan fingerprint density at radius 2 is 1.96 bits per heavy atom. The summed E-state index contributed by atoms with van der Waals surface area (Å²) in [5.41, 5.74) is 1.98. The van der Waals surface area contributed by atoms with Gasteiger partial charge in [-0.3, -0.25) is 0 Å². The Hall–Kier alpha value is -2.81. The van der Waals surface area contributed by atoms with E-state index < -0.39 is 9.84 Å². The molecule has 0 saturated carbocycles. The first-order valence-electron chi connectivity index (χ1n) is 6.76. The van der Waals surface area contributed by atoms with Gasteiger partial charge in [0.1, 0.15) is 0 Å². The van der Waals surface area contributed by atoms with Gasteiger partial charge in [0, 0.05) is 24.7 Å². The summed E-state index contributed by atoms with van der Waals surface area (Å²) in [4.78, 5) is 3.98. The molecule has 0 fully saturated rings. The fraction of sp³-hybridized carbons (Fsp3) is 0.143. The first-order valence-corrected chi connectivity index (χ1v) is 8.66. The van der Waals surface area contributed by atoms with E-state index in [4.69, 9.17) is 0 Å². The van der Waals surface area contributed by atoms with Gasteiger partial charge < -0.3 is 5.32 Å². The number of hydrogen-bond acceptors (Lipinski definition) is 7. The number of benzene rings is 1. The van der Waals surface area contributed by atoms with Gasteiger partial charge in [-0.15, -0.1) is 5.10 Å². The Balaban J connectivity index is 2.03. The van der Waals surface area contributed by atoms with Crippen molar-refractivity contribution in [3.63, 3.8) is 0 Å². The van der Waals surface area contributed by atoms with Crippen LogP contribution in [-0.4, -0.2) is 40.3 Å². The number of pyridine rings is 1. The molecule has 9 heteroatoms. The van der Waals surface area contributed by atoms with E-state index in [1.165, 1.54) is 6.20 Å². The zero-order valence-electron chi connectivity index (χ0n) is 12.3. The van der Waals surface area contributed by atoms with Gasteiger partial charge in [0.2, 0.25) is 0 Å². The number of rotatable bonds is 5. The molecule has 0 atom stereocenters. The molecule has 0 aliphatic carbocycles.